The molecule has 0 atom stereocenters. The Morgan fingerprint density at radius 3 is 2.62 bits per heavy atom. The van der Waals surface area contributed by atoms with Gasteiger partial charge in [0.15, 0.2) is 0 Å². The Morgan fingerprint density at radius 2 is 2.06 bits per heavy atom. The van der Waals surface area contributed by atoms with Crippen molar-refractivity contribution in [1.29, 1.82) is 5.26 Å². The molecule has 1 saturated heterocycles. The number of anilines is 1. The monoisotopic (exact) mass is 220 g/mol. The van der Waals surface area contributed by atoms with Crippen LogP contribution in [0.25, 0.3) is 0 Å². The highest BCUT2D eigenvalue weighted by atomic mass is 19.1. The van der Waals surface area contributed by atoms with Crippen LogP contribution >= 0.6 is 0 Å². The fourth-order valence-corrected chi connectivity index (χ4v) is 1.94. The Morgan fingerprint density at radius 1 is 1.38 bits per heavy atom. The zero-order chi connectivity index (χ0) is 11.5. The fraction of sp³-hybridized carbons (Fsp3) is 0.417. The quantitative estimate of drug-likeness (QED) is 0.783. The number of nitrogens with zero attached hydrogens (tertiary/aromatic N) is 2. The van der Waals surface area contributed by atoms with E-state index in [2.05, 4.69) is 0 Å². The maximum atomic E-state index is 13.7. The second kappa shape index (κ2) is 4.50. The highest BCUT2D eigenvalue weighted by Gasteiger charge is 2.19. The smallest absolute Gasteiger partial charge is 0.147 e. The molecule has 1 aliphatic rings. The van der Waals surface area contributed by atoms with Crippen LogP contribution in [0.1, 0.15) is 18.4 Å². The predicted octanol–water partition coefficient (Wildman–Crippen LogP) is 1.66. The number of aliphatic hydroxyl groups is 1. The van der Waals surface area contributed by atoms with Gasteiger partial charge in [0.25, 0.3) is 0 Å². The first-order valence-corrected chi connectivity index (χ1v) is 5.33. The van der Waals surface area contributed by atoms with E-state index in [4.69, 9.17) is 5.26 Å². The van der Waals surface area contributed by atoms with Gasteiger partial charge in [-0.3, -0.25) is 0 Å². The molecule has 0 bridgehead atoms. The Hall–Kier alpha value is -1.60. The van der Waals surface area contributed by atoms with Crippen LogP contribution in [-0.4, -0.2) is 24.3 Å². The maximum absolute atomic E-state index is 13.7. The van der Waals surface area contributed by atoms with Gasteiger partial charge in [0.2, 0.25) is 0 Å². The van der Waals surface area contributed by atoms with Crippen LogP contribution in [0.5, 0.6) is 0 Å². The highest BCUT2D eigenvalue weighted by Crippen LogP contribution is 2.23. The average molecular weight is 220 g/mol. The first kappa shape index (κ1) is 10.9. The van der Waals surface area contributed by atoms with Crippen molar-refractivity contribution in [2.45, 2.75) is 18.9 Å². The van der Waals surface area contributed by atoms with Gasteiger partial charge in [-0.05, 0) is 31.0 Å². The lowest BCUT2D eigenvalue weighted by molar-refractivity contribution is 0.145. The minimum atomic E-state index is -0.365. The maximum Gasteiger partial charge on any atom is 0.147 e. The van der Waals surface area contributed by atoms with Crippen LogP contribution in [0.15, 0.2) is 18.2 Å². The minimum Gasteiger partial charge on any atom is -0.393 e. The average Bonchev–Trinajstić information content (AvgIpc) is 2.30. The van der Waals surface area contributed by atoms with E-state index in [1.54, 1.807) is 12.1 Å². The van der Waals surface area contributed by atoms with Crippen molar-refractivity contribution in [3.63, 3.8) is 0 Å². The van der Waals surface area contributed by atoms with Crippen molar-refractivity contribution in [3.8, 4) is 6.07 Å². The number of aliphatic hydroxyl groups excluding tert-OH is 1. The molecule has 1 aliphatic heterocycles. The standard InChI is InChI=1S/C12H13FN2O/c13-11-7-9(8-14)1-2-12(11)15-5-3-10(16)4-6-15/h1-2,7,10,16H,3-6H2. The molecule has 3 nitrogen and oxygen atoms in total. The zero-order valence-corrected chi connectivity index (χ0v) is 8.86. The van der Waals surface area contributed by atoms with Crippen LogP contribution < -0.4 is 4.90 Å². The van der Waals surface area contributed by atoms with Gasteiger partial charge in [0, 0.05) is 13.1 Å². The van der Waals surface area contributed by atoms with Crippen molar-refractivity contribution < 1.29 is 9.50 Å². The molecule has 1 N–H and O–H groups in total. The minimum absolute atomic E-state index is 0.266. The summed E-state index contributed by atoms with van der Waals surface area (Å²) in [6.07, 6.45) is 1.07. The molecule has 0 aromatic heterocycles. The lowest BCUT2D eigenvalue weighted by Gasteiger charge is -2.31. The second-order valence-electron chi connectivity index (χ2n) is 4.00. The Labute approximate surface area is 93.7 Å². The molecule has 0 unspecified atom stereocenters. The van der Waals surface area contributed by atoms with E-state index >= 15 is 0 Å². The second-order valence-corrected chi connectivity index (χ2v) is 4.00. The van der Waals surface area contributed by atoms with Gasteiger partial charge in [-0.2, -0.15) is 5.26 Å². The topological polar surface area (TPSA) is 47.3 Å². The highest BCUT2D eigenvalue weighted by molar-refractivity contribution is 5.51. The van der Waals surface area contributed by atoms with E-state index in [9.17, 15) is 9.50 Å². The number of rotatable bonds is 1. The molecule has 1 aromatic rings. The molecule has 0 amide bonds. The molecule has 84 valence electrons. The first-order valence-electron chi connectivity index (χ1n) is 5.33. The molecule has 1 heterocycles. The van der Waals surface area contributed by atoms with E-state index in [1.165, 1.54) is 6.07 Å². The molecular formula is C12H13FN2O. The van der Waals surface area contributed by atoms with Crippen molar-refractivity contribution in [2.75, 3.05) is 18.0 Å². The molecule has 0 aliphatic carbocycles. The first-order chi connectivity index (χ1) is 7.70. The summed E-state index contributed by atoms with van der Waals surface area (Å²) in [5, 5.41) is 18.0. The van der Waals surface area contributed by atoms with Gasteiger partial charge in [0.1, 0.15) is 5.82 Å². The van der Waals surface area contributed by atoms with Gasteiger partial charge >= 0.3 is 0 Å². The molecule has 0 radical (unpaired) electrons. The number of nitriles is 1. The summed E-state index contributed by atoms with van der Waals surface area (Å²) in [4.78, 5) is 1.91. The van der Waals surface area contributed by atoms with Crippen LogP contribution in [0.3, 0.4) is 0 Å². The number of hydrogen-bond donors (Lipinski definition) is 1. The van der Waals surface area contributed by atoms with Gasteiger partial charge in [-0.1, -0.05) is 0 Å². The third kappa shape index (κ3) is 2.15. The molecule has 0 spiro atoms. The Bertz CT molecular complexity index is 420. The molecule has 16 heavy (non-hydrogen) atoms. The van der Waals surface area contributed by atoms with Gasteiger partial charge in [-0.15, -0.1) is 0 Å². The summed E-state index contributed by atoms with van der Waals surface area (Å²) < 4.78 is 13.7. The molecule has 0 saturated carbocycles. The van der Waals surface area contributed by atoms with Gasteiger partial charge < -0.3 is 10.0 Å². The summed E-state index contributed by atoms with van der Waals surface area (Å²) in [5.74, 6) is -0.365. The Kier molecular flexibility index (Phi) is 3.07. The van der Waals surface area contributed by atoms with Crippen molar-refractivity contribution >= 4 is 5.69 Å². The fourth-order valence-electron chi connectivity index (χ4n) is 1.94. The number of benzene rings is 1. The van der Waals surface area contributed by atoms with E-state index in [-0.39, 0.29) is 11.9 Å². The Balaban J connectivity index is 2.18. The third-order valence-corrected chi connectivity index (χ3v) is 2.88. The molecular weight excluding hydrogens is 207 g/mol. The zero-order valence-electron chi connectivity index (χ0n) is 8.86. The SMILES string of the molecule is N#Cc1ccc(N2CCC(O)CC2)c(F)c1. The van der Waals surface area contributed by atoms with Crippen molar-refractivity contribution in [1.82, 2.24) is 0 Å². The van der Waals surface area contributed by atoms with E-state index in [0.717, 1.165) is 0 Å². The normalized spacial score (nSPS) is 17.2. The van der Waals surface area contributed by atoms with Crippen LogP contribution in [0.4, 0.5) is 10.1 Å². The lowest BCUT2D eigenvalue weighted by atomic mass is 10.1. The van der Waals surface area contributed by atoms with E-state index in [0.29, 0.717) is 37.2 Å². The molecule has 1 aromatic carbocycles. The molecule has 4 heteroatoms. The predicted molar refractivity (Wildman–Crippen MR) is 58.6 cm³/mol. The van der Waals surface area contributed by atoms with Gasteiger partial charge in [0.05, 0.1) is 23.4 Å². The summed E-state index contributed by atoms with van der Waals surface area (Å²) >= 11 is 0. The summed E-state index contributed by atoms with van der Waals surface area (Å²) in [7, 11) is 0. The lowest BCUT2D eigenvalue weighted by Crippen LogP contribution is -2.36. The largest absolute Gasteiger partial charge is 0.393 e. The van der Waals surface area contributed by atoms with Crippen molar-refractivity contribution in [2.24, 2.45) is 0 Å². The summed E-state index contributed by atoms with van der Waals surface area (Å²) in [6, 6.07) is 6.40. The van der Waals surface area contributed by atoms with E-state index in [1.807, 2.05) is 11.0 Å². The molecule has 2 rings (SSSR count). The third-order valence-electron chi connectivity index (χ3n) is 2.88. The molecule has 1 fully saturated rings. The van der Waals surface area contributed by atoms with Gasteiger partial charge in [-0.25, -0.2) is 4.39 Å². The van der Waals surface area contributed by atoms with Crippen LogP contribution in [0.2, 0.25) is 0 Å². The number of halogens is 1. The van der Waals surface area contributed by atoms with Crippen LogP contribution in [-0.2, 0) is 0 Å². The van der Waals surface area contributed by atoms with Crippen molar-refractivity contribution in [3.05, 3.63) is 29.6 Å². The van der Waals surface area contributed by atoms with Crippen LogP contribution in [0, 0.1) is 17.1 Å². The number of piperidine rings is 1. The van der Waals surface area contributed by atoms with E-state index < -0.39 is 0 Å². The number of hydrogen-bond acceptors (Lipinski definition) is 3. The summed E-state index contributed by atoms with van der Waals surface area (Å²) in [5.41, 5.74) is 0.851. The summed E-state index contributed by atoms with van der Waals surface area (Å²) in [6.45, 7) is 1.31.